The van der Waals surface area contributed by atoms with Gasteiger partial charge in [-0.2, -0.15) is 0 Å². The molecule has 4 heteroatoms. The lowest BCUT2D eigenvalue weighted by atomic mass is 9.77. The standard InChI is InChI=1S/C26H40N2O2/c1-25(2,21-13-7-8-14-21)19-23(29)27-17-11-5-6-12-18-28-24(30)20-26(3,4)22-15-9-10-16-22/h7-10,13-16,21-22H,5-6,11-12,17-20H2,1-4H3,(H,27,29)(H,28,30). The van der Waals surface area contributed by atoms with Crippen molar-refractivity contribution in [3.05, 3.63) is 48.6 Å². The van der Waals surface area contributed by atoms with Gasteiger partial charge < -0.3 is 10.6 Å². The number of nitrogens with one attached hydrogen (secondary N) is 2. The molecule has 2 aliphatic carbocycles. The molecule has 2 amide bonds. The Morgan fingerprint density at radius 3 is 1.30 bits per heavy atom. The maximum atomic E-state index is 12.2. The highest BCUT2D eigenvalue weighted by Crippen LogP contribution is 2.35. The second-order valence-corrected chi connectivity index (χ2v) is 10.0. The lowest BCUT2D eigenvalue weighted by Crippen LogP contribution is -2.32. The molecule has 0 aromatic rings. The third kappa shape index (κ3) is 7.97. The van der Waals surface area contributed by atoms with Crippen molar-refractivity contribution in [1.29, 1.82) is 0 Å². The normalized spacial score (nSPS) is 16.5. The predicted molar refractivity (Wildman–Crippen MR) is 125 cm³/mol. The molecule has 0 aromatic carbocycles. The van der Waals surface area contributed by atoms with E-state index in [-0.39, 0.29) is 22.6 Å². The van der Waals surface area contributed by atoms with Crippen molar-refractivity contribution in [3.8, 4) is 0 Å². The van der Waals surface area contributed by atoms with E-state index in [4.69, 9.17) is 0 Å². The third-order valence-corrected chi connectivity index (χ3v) is 6.28. The van der Waals surface area contributed by atoms with Gasteiger partial charge in [-0.05, 0) is 23.7 Å². The van der Waals surface area contributed by atoms with E-state index in [2.05, 4.69) is 86.9 Å². The maximum Gasteiger partial charge on any atom is 0.220 e. The molecule has 0 atom stereocenters. The Morgan fingerprint density at radius 1 is 0.633 bits per heavy atom. The van der Waals surface area contributed by atoms with Crippen molar-refractivity contribution in [3.63, 3.8) is 0 Å². The zero-order valence-corrected chi connectivity index (χ0v) is 19.2. The molecule has 2 N–H and O–H groups in total. The number of allylic oxidation sites excluding steroid dienone is 8. The highest BCUT2D eigenvalue weighted by Gasteiger charge is 2.30. The molecular formula is C26H40N2O2. The second kappa shape index (κ2) is 11.3. The van der Waals surface area contributed by atoms with Crippen molar-refractivity contribution >= 4 is 11.8 Å². The Kier molecular flexibility index (Phi) is 9.13. The summed E-state index contributed by atoms with van der Waals surface area (Å²) in [5.41, 5.74) is -0.102. The van der Waals surface area contributed by atoms with Crippen LogP contribution in [0.25, 0.3) is 0 Å². The number of hydrogen-bond donors (Lipinski definition) is 2. The van der Waals surface area contributed by atoms with Crippen LogP contribution in [-0.2, 0) is 9.59 Å². The minimum Gasteiger partial charge on any atom is -0.356 e. The molecule has 0 aliphatic heterocycles. The first kappa shape index (κ1) is 24.2. The van der Waals surface area contributed by atoms with Crippen LogP contribution >= 0.6 is 0 Å². The zero-order valence-electron chi connectivity index (χ0n) is 19.2. The summed E-state index contributed by atoms with van der Waals surface area (Å²) in [6.07, 6.45) is 22.0. The highest BCUT2D eigenvalue weighted by molar-refractivity contribution is 5.77. The molecule has 30 heavy (non-hydrogen) atoms. The van der Waals surface area contributed by atoms with E-state index in [1.54, 1.807) is 0 Å². The molecule has 0 bridgehead atoms. The zero-order chi connectivity index (χ0) is 22.0. The highest BCUT2D eigenvalue weighted by atomic mass is 16.2. The van der Waals surface area contributed by atoms with Crippen molar-refractivity contribution in [1.82, 2.24) is 10.6 Å². The van der Waals surface area contributed by atoms with Gasteiger partial charge in [0.1, 0.15) is 0 Å². The van der Waals surface area contributed by atoms with Crippen molar-refractivity contribution in [2.75, 3.05) is 13.1 Å². The third-order valence-electron chi connectivity index (χ3n) is 6.28. The van der Waals surface area contributed by atoms with Gasteiger partial charge in [0, 0.05) is 37.8 Å². The van der Waals surface area contributed by atoms with E-state index >= 15 is 0 Å². The van der Waals surface area contributed by atoms with Crippen LogP contribution in [-0.4, -0.2) is 24.9 Å². The van der Waals surface area contributed by atoms with Gasteiger partial charge in [-0.25, -0.2) is 0 Å². The Balaban J connectivity index is 1.48. The van der Waals surface area contributed by atoms with E-state index in [0.29, 0.717) is 24.7 Å². The van der Waals surface area contributed by atoms with Gasteiger partial charge in [-0.3, -0.25) is 9.59 Å². The van der Waals surface area contributed by atoms with Gasteiger partial charge in [0.15, 0.2) is 0 Å². The molecule has 4 nitrogen and oxygen atoms in total. The van der Waals surface area contributed by atoms with Crippen molar-refractivity contribution in [2.45, 2.75) is 66.2 Å². The molecule has 166 valence electrons. The molecule has 0 heterocycles. The van der Waals surface area contributed by atoms with Crippen LogP contribution in [0.4, 0.5) is 0 Å². The van der Waals surface area contributed by atoms with Gasteiger partial charge in [0.05, 0.1) is 0 Å². The van der Waals surface area contributed by atoms with E-state index in [1.807, 2.05) is 0 Å². The average Bonchev–Trinajstić information content (AvgIpc) is 3.37. The smallest absolute Gasteiger partial charge is 0.220 e. The van der Waals surface area contributed by atoms with Crippen LogP contribution in [0.2, 0.25) is 0 Å². The largest absolute Gasteiger partial charge is 0.356 e. The summed E-state index contributed by atoms with van der Waals surface area (Å²) in [5.74, 6) is 0.955. The number of amides is 2. The van der Waals surface area contributed by atoms with Crippen molar-refractivity contribution < 1.29 is 9.59 Å². The van der Waals surface area contributed by atoms with Crippen LogP contribution in [0.15, 0.2) is 48.6 Å². The lowest BCUT2D eigenvalue weighted by Gasteiger charge is -2.28. The van der Waals surface area contributed by atoms with Gasteiger partial charge in [-0.1, -0.05) is 89.1 Å². The van der Waals surface area contributed by atoms with E-state index in [9.17, 15) is 9.59 Å². The topological polar surface area (TPSA) is 58.2 Å². The molecule has 0 aromatic heterocycles. The van der Waals surface area contributed by atoms with Crippen molar-refractivity contribution in [2.24, 2.45) is 22.7 Å². The first-order valence-corrected chi connectivity index (χ1v) is 11.4. The van der Waals surface area contributed by atoms with Crippen LogP contribution in [0, 0.1) is 22.7 Å². The Hall–Kier alpha value is -2.10. The monoisotopic (exact) mass is 412 g/mol. The van der Waals surface area contributed by atoms with Gasteiger partial charge >= 0.3 is 0 Å². The molecule has 0 saturated carbocycles. The van der Waals surface area contributed by atoms with Crippen LogP contribution in [0.3, 0.4) is 0 Å². The van der Waals surface area contributed by atoms with E-state index in [0.717, 1.165) is 38.8 Å². The molecule has 0 spiro atoms. The summed E-state index contributed by atoms with van der Waals surface area (Å²) in [6, 6.07) is 0. The Labute approximate surface area is 183 Å². The number of carbonyl (C=O) groups is 2. The minimum atomic E-state index is -0.0509. The van der Waals surface area contributed by atoms with Gasteiger partial charge in [-0.15, -0.1) is 0 Å². The second-order valence-electron chi connectivity index (χ2n) is 10.0. The first-order chi connectivity index (χ1) is 14.2. The number of rotatable bonds is 13. The molecule has 2 rings (SSSR count). The summed E-state index contributed by atoms with van der Waals surface area (Å²) in [7, 11) is 0. The molecule has 0 fully saturated rings. The van der Waals surface area contributed by atoms with Crippen LogP contribution in [0.1, 0.15) is 66.2 Å². The maximum absolute atomic E-state index is 12.2. The van der Waals surface area contributed by atoms with Gasteiger partial charge in [0.2, 0.25) is 11.8 Å². The Morgan fingerprint density at radius 2 is 0.967 bits per heavy atom. The predicted octanol–water partition coefficient (Wildman–Crippen LogP) is 5.10. The van der Waals surface area contributed by atoms with Gasteiger partial charge in [0.25, 0.3) is 0 Å². The average molecular weight is 413 g/mol. The molecule has 0 unspecified atom stereocenters. The van der Waals surface area contributed by atoms with Crippen LogP contribution < -0.4 is 10.6 Å². The summed E-state index contributed by atoms with van der Waals surface area (Å²) in [5, 5.41) is 6.11. The lowest BCUT2D eigenvalue weighted by molar-refractivity contribution is -0.124. The molecule has 0 saturated heterocycles. The molecular weight excluding hydrogens is 372 g/mol. The summed E-state index contributed by atoms with van der Waals surface area (Å²) >= 11 is 0. The quantitative estimate of drug-likeness (QED) is 0.414. The fourth-order valence-electron chi connectivity index (χ4n) is 4.15. The fourth-order valence-corrected chi connectivity index (χ4v) is 4.15. The molecule has 0 radical (unpaired) electrons. The fraction of sp³-hybridized carbons (Fsp3) is 0.615. The van der Waals surface area contributed by atoms with E-state index < -0.39 is 0 Å². The van der Waals surface area contributed by atoms with Crippen LogP contribution in [0.5, 0.6) is 0 Å². The van der Waals surface area contributed by atoms with E-state index in [1.165, 1.54) is 0 Å². The first-order valence-electron chi connectivity index (χ1n) is 11.4. The summed E-state index contributed by atoms with van der Waals surface area (Å²) in [6.45, 7) is 10.0. The number of carbonyl (C=O) groups excluding carboxylic acids is 2. The SMILES string of the molecule is CC(C)(CC(=O)NCCCCCCNC(=O)CC(C)(C)C1C=CC=C1)C1C=CC=C1. The number of unbranched alkanes of at least 4 members (excludes halogenated alkanes) is 3. The Bertz CT molecular complexity index is 614. The molecule has 2 aliphatic rings. The summed E-state index contributed by atoms with van der Waals surface area (Å²) in [4.78, 5) is 24.4. The number of hydrogen-bond acceptors (Lipinski definition) is 2. The minimum absolute atomic E-state index is 0.0509. The summed E-state index contributed by atoms with van der Waals surface area (Å²) < 4.78 is 0.